The number of hydrogen-bond acceptors (Lipinski definition) is 8. The summed E-state index contributed by atoms with van der Waals surface area (Å²) in [7, 11) is 0. The van der Waals surface area contributed by atoms with Crippen molar-refractivity contribution in [1.82, 2.24) is 9.88 Å². The molecule has 2 unspecified atom stereocenters. The van der Waals surface area contributed by atoms with E-state index >= 15 is 0 Å². The van der Waals surface area contributed by atoms with Gasteiger partial charge in [-0.1, -0.05) is 6.92 Å². The van der Waals surface area contributed by atoms with Gasteiger partial charge in [0, 0.05) is 49.7 Å². The lowest BCUT2D eigenvalue weighted by Crippen LogP contribution is -2.44. The van der Waals surface area contributed by atoms with Gasteiger partial charge in [-0.15, -0.1) is 11.3 Å². The molecule has 0 radical (unpaired) electrons. The molecular formula is C23H31N5O4S. The first kappa shape index (κ1) is 23.6. The number of piperidine rings is 1. The van der Waals surface area contributed by atoms with Gasteiger partial charge in [0.1, 0.15) is 5.69 Å². The van der Waals surface area contributed by atoms with Crippen LogP contribution in [0.2, 0.25) is 0 Å². The summed E-state index contributed by atoms with van der Waals surface area (Å²) in [6.07, 6.45) is 2.37. The molecule has 0 bridgehead atoms. The van der Waals surface area contributed by atoms with Crippen molar-refractivity contribution in [3.63, 3.8) is 0 Å². The lowest BCUT2D eigenvalue weighted by atomic mass is 9.98. The van der Waals surface area contributed by atoms with Crippen molar-refractivity contribution in [1.29, 1.82) is 0 Å². The molecule has 10 heteroatoms. The first-order valence-corrected chi connectivity index (χ1v) is 12.3. The van der Waals surface area contributed by atoms with Gasteiger partial charge in [0.25, 0.3) is 11.6 Å². The molecule has 2 fully saturated rings. The number of thiazole rings is 1. The van der Waals surface area contributed by atoms with Gasteiger partial charge in [0.15, 0.2) is 5.13 Å². The second-order valence-electron chi connectivity index (χ2n) is 9.18. The molecule has 1 aromatic heterocycles. The maximum absolute atomic E-state index is 12.8. The second-order valence-corrected chi connectivity index (χ2v) is 10.0. The Hall–Kier alpha value is -2.56. The number of aromatic nitrogens is 1. The number of amides is 1. The molecule has 2 atom stereocenters. The second kappa shape index (κ2) is 10.1. The fourth-order valence-electron chi connectivity index (χ4n) is 4.58. The van der Waals surface area contributed by atoms with Crippen LogP contribution in [0.4, 0.5) is 16.5 Å². The van der Waals surface area contributed by atoms with Crippen LogP contribution < -0.4 is 10.2 Å². The van der Waals surface area contributed by atoms with Crippen LogP contribution in [0.15, 0.2) is 23.6 Å². The molecule has 2 aromatic rings. The molecule has 1 aromatic carbocycles. The zero-order valence-corrected chi connectivity index (χ0v) is 20.1. The van der Waals surface area contributed by atoms with Crippen molar-refractivity contribution in [3.05, 3.63) is 45.0 Å². The summed E-state index contributed by atoms with van der Waals surface area (Å²) in [5, 5.41) is 16.9. The Bertz CT molecular complexity index is 994. The minimum Gasteiger partial charge on any atom is -0.373 e. The summed E-state index contributed by atoms with van der Waals surface area (Å²) < 4.78 is 5.77. The smallest absolute Gasteiger partial charge is 0.293 e. The highest BCUT2D eigenvalue weighted by Gasteiger charge is 2.26. The summed E-state index contributed by atoms with van der Waals surface area (Å²) in [6.45, 7) is 10.3. The predicted octanol–water partition coefficient (Wildman–Crippen LogP) is 4.15. The third-order valence-electron chi connectivity index (χ3n) is 6.21. The summed E-state index contributed by atoms with van der Waals surface area (Å²) in [4.78, 5) is 33.0. The Kier molecular flexibility index (Phi) is 7.26. The Morgan fingerprint density at radius 3 is 2.61 bits per heavy atom. The van der Waals surface area contributed by atoms with Crippen molar-refractivity contribution in [2.45, 2.75) is 52.4 Å². The number of morpholine rings is 1. The van der Waals surface area contributed by atoms with E-state index in [4.69, 9.17) is 4.74 Å². The molecule has 9 nitrogen and oxygen atoms in total. The molecule has 0 aliphatic carbocycles. The van der Waals surface area contributed by atoms with E-state index < -0.39 is 10.8 Å². The van der Waals surface area contributed by atoms with Crippen LogP contribution in [0.25, 0.3) is 0 Å². The zero-order chi connectivity index (χ0) is 23.5. The molecule has 178 valence electrons. The summed E-state index contributed by atoms with van der Waals surface area (Å²) in [5.74, 6) is 0.232. The lowest BCUT2D eigenvalue weighted by molar-refractivity contribution is -0.384. The van der Waals surface area contributed by atoms with Crippen LogP contribution in [-0.4, -0.2) is 59.1 Å². The summed E-state index contributed by atoms with van der Waals surface area (Å²) in [5.41, 5.74) is 1.68. The van der Waals surface area contributed by atoms with E-state index in [0.29, 0.717) is 23.3 Å². The third kappa shape index (κ3) is 5.87. The molecule has 2 saturated heterocycles. The first-order valence-electron chi connectivity index (χ1n) is 11.5. The van der Waals surface area contributed by atoms with Crippen LogP contribution in [0, 0.1) is 16.0 Å². The van der Waals surface area contributed by atoms with Crippen molar-refractivity contribution < 1.29 is 14.5 Å². The summed E-state index contributed by atoms with van der Waals surface area (Å²) in [6, 6.07) is 4.71. The Morgan fingerprint density at radius 2 is 1.94 bits per heavy atom. The van der Waals surface area contributed by atoms with Crippen molar-refractivity contribution >= 4 is 33.8 Å². The molecule has 2 aliphatic heterocycles. The van der Waals surface area contributed by atoms with Gasteiger partial charge < -0.3 is 9.64 Å². The number of rotatable bonds is 6. The molecule has 33 heavy (non-hydrogen) atoms. The van der Waals surface area contributed by atoms with Gasteiger partial charge in [-0.05, 0) is 44.7 Å². The minimum atomic E-state index is -0.407. The number of benzene rings is 1. The molecule has 4 rings (SSSR count). The number of carbonyl (C=O) groups is 1. The molecule has 0 saturated carbocycles. The van der Waals surface area contributed by atoms with Gasteiger partial charge in [-0.2, -0.15) is 0 Å². The normalized spacial score (nSPS) is 22.3. The highest BCUT2D eigenvalue weighted by molar-refractivity contribution is 7.14. The number of carbonyl (C=O) groups excluding carboxylic acids is 1. The van der Waals surface area contributed by atoms with Crippen LogP contribution in [-0.2, 0) is 11.3 Å². The van der Waals surface area contributed by atoms with Gasteiger partial charge in [0.2, 0.25) is 0 Å². The van der Waals surface area contributed by atoms with E-state index in [-0.39, 0.29) is 23.5 Å². The largest absolute Gasteiger partial charge is 0.373 e. The van der Waals surface area contributed by atoms with Crippen LogP contribution in [0.5, 0.6) is 0 Å². The quantitative estimate of drug-likeness (QED) is 0.497. The number of hydrogen-bond donors (Lipinski definition) is 1. The van der Waals surface area contributed by atoms with Crippen molar-refractivity contribution in [2.75, 3.05) is 36.4 Å². The number of anilines is 2. The maximum Gasteiger partial charge on any atom is 0.293 e. The Labute approximate surface area is 197 Å². The molecule has 1 amide bonds. The molecular weight excluding hydrogens is 442 g/mol. The highest BCUT2D eigenvalue weighted by atomic mass is 32.1. The summed E-state index contributed by atoms with van der Waals surface area (Å²) >= 11 is 1.36. The van der Waals surface area contributed by atoms with Gasteiger partial charge in [-0.25, -0.2) is 4.98 Å². The van der Waals surface area contributed by atoms with Gasteiger partial charge in [-0.3, -0.25) is 25.1 Å². The van der Waals surface area contributed by atoms with Gasteiger partial charge in [0.05, 0.1) is 22.8 Å². The number of nitrogens with zero attached hydrogens (tertiary/aromatic N) is 4. The molecule has 3 heterocycles. The average molecular weight is 474 g/mol. The third-order valence-corrected chi connectivity index (χ3v) is 7.02. The molecule has 0 spiro atoms. The number of nitro benzene ring substituents is 1. The highest BCUT2D eigenvalue weighted by Crippen LogP contribution is 2.32. The number of nitrogens with one attached hydrogen (secondary N) is 1. The van der Waals surface area contributed by atoms with Gasteiger partial charge >= 0.3 is 0 Å². The number of nitro groups is 1. The predicted molar refractivity (Wildman–Crippen MR) is 129 cm³/mol. The first-order chi connectivity index (χ1) is 15.8. The zero-order valence-electron chi connectivity index (χ0n) is 19.3. The van der Waals surface area contributed by atoms with Crippen LogP contribution >= 0.6 is 11.3 Å². The SMILES string of the molecule is CC1CCN(c2ccc(C(=O)Nc3nc(CN4CC(C)OC(C)C4)cs3)cc2[N+](=O)[O-])CC1. The monoisotopic (exact) mass is 473 g/mol. The van der Waals surface area contributed by atoms with Crippen LogP contribution in [0.1, 0.15) is 49.7 Å². The van der Waals surface area contributed by atoms with E-state index in [1.54, 1.807) is 12.1 Å². The fraction of sp³-hybridized carbons (Fsp3) is 0.565. The van der Waals surface area contributed by atoms with E-state index in [0.717, 1.165) is 44.7 Å². The Balaban J connectivity index is 1.42. The lowest BCUT2D eigenvalue weighted by Gasteiger charge is -2.34. The average Bonchev–Trinajstić information content (AvgIpc) is 3.19. The molecule has 2 aliphatic rings. The van der Waals surface area contributed by atoms with Crippen LogP contribution in [0.3, 0.4) is 0 Å². The fourth-order valence-corrected chi connectivity index (χ4v) is 5.27. The van der Waals surface area contributed by atoms with E-state index in [1.165, 1.54) is 17.4 Å². The Morgan fingerprint density at radius 1 is 1.24 bits per heavy atom. The molecule has 1 N–H and O–H groups in total. The van der Waals surface area contributed by atoms with Crippen molar-refractivity contribution in [3.8, 4) is 0 Å². The van der Waals surface area contributed by atoms with Crippen molar-refractivity contribution in [2.24, 2.45) is 5.92 Å². The standard InChI is InChI=1S/C23H31N5O4S/c1-15-6-8-27(9-7-15)20-5-4-18(10-21(20)28(30)31)22(29)25-23-24-19(14-33-23)13-26-11-16(2)32-17(3)12-26/h4-5,10,14-17H,6-9,11-13H2,1-3H3,(H,24,25,29). The number of ether oxygens (including phenoxy) is 1. The maximum atomic E-state index is 12.8. The topological polar surface area (TPSA) is 101 Å². The minimum absolute atomic E-state index is 0.0346. The van der Waals surface area contributed by atoms with E-state index in [9.17, 15) is 14.9 Å². The van der Waals surface area contributed by atoms with E-state index in [1.807, 2.05) is 10.3 Å². The van der Waals surface area contributed by atoms with E-state index in [2.05, 4.69) is 36.0 Å².